The maximum Gasteiger partial charge on any atom is 0.149 e. The molecule has 2 atom stereocenters. The van der Waals surface area contributed by atoms with Crippen molar-refractivity contribution in [2.75, 3.05) is 13.2 Å². The molecule has 1 aliphatic heterocycles. The highest BCUT2D eigenvalue weighted by atomic mass is 35.5. The number of hydrogen-bond acceptors (Lipinski definition) is 2. The molecular formula is C13H14ClFN2O. The molecule has 2 unspecified atom stereocenters. The van der Waals surface area contributed by atoms with Crippen molar-refractivity contribution in [3.8, 4) is 0 Å². The van der Waals surface area contributed by atoms with E-state index < -0.39 is 0 Å². The quantitative estimate of drug-likeness (QED) is 0.780. The van der Waals surface area contributed by atoms with Crippen LogP contribution >= 0.6 is 11.6 Å². The number of nitrogens with zero attached hydrogens (tertiary/aromatic N) is 2. The fourth-order valence-electron chi connectivity index (χ4n) is 2.50. The van der Waals surface area contributed by atoms with Crippen LogP contribution < -0.4 is 0 Å². The van der Waals surface area contributed by atoms with Gasteiger partial charge in [-0.05, 0) is 25.5 Å². The first-order chi connectivity index (χ1) is 8.68. The maximum absolute atomic E-state index is 14.0. The Kier molecular flexibility index (Phi) is 2.99. The lowest BCUT2D eigenvalue weighted by Gasteiger charge is -2.16. The molecule has 1 aromatic carbocycles. The minimum absolute atomic E-state index is 0.128. The van der Waals surface area contributed by atoms with E-state index in [0.717, 1.165) is 6.42 Å². The standard InChI is InChI=1S/C13H14ClFN2O/c1-8(14)13-16-11-4-2-3-10(15)12(11)17(13)9-5-6-18-7-9/h2-4,8-9H,5-7H2,1H3. The van der Waals surface area contributed by atoms with Gasteiger partial charge in [0.2, 0.25) is 0 Å². The Labute approximate surface area is 110 Å². The summed E-state index contributed by atoms with van der Waals surface area (Å²) in [7, 11) is 0. The summed E-state index contributed by atoms with van der Waals surface area (Å²) in [4.78, 5) is 4.45. The van der Waals surface area contributed by atoms with E-state index in [1.165, 1.54) is 6.07 Å². The molecular weight excluding hydrogens is 255 g/mol. The van der Waals surface area contributed by atoms with Crippen LogP contribution in [0.3, 0.4) is 0 Å². The van der Waals surface area contributed by atoms with Crippen LogP contribution in [-0.2, 0) is 4.74 Å². The van der Waals surface area contributed by atoms with E-state index in [1.807, 2.05) is 17.6 Å². The molecule has 0 spiro atoms. The van der Waals surface area contributed by atoms with Crippen LogP contribution in [0.25, 0.3) is 11.0 Å². The van der Waals surface area contributed by atoms with Crippen LogP contribution in [0.1, 0.15) is 30.6 Å². The minimum Gasteiger partial charge on any atom is -0.379 e. The molecule has 5 heteroatoms. The largest absolute Gasteiger partial charge is 0.379 e. The monoisotopic (exact) mass is 268 g/mol. The highest BCUT2D eigenvalue weighted by Gasteiger charge is 2.26. The molecule has 3 nitrogen and oxygen atoms in total. The first kappa shape index (κ1) is 11.9. The molecule has 1 aromatic heterocycles. The molecule has 0 aliphatic carbocycles. The molecule has 2 heterocycles. The average Bonchev–Trinajstić information content (AvgIpc) is 2.95. The van der Waals surface area contributed by atoms with Crippen molar-refractivity contribution in [2.45, 2.75) is 24.8 Å². The number of alkyl halides is 1. The fraction of sp³-hybridized carbons (Fsp3) is 0.462. The third kappa shape index (κ3) is 1.80. The van der Waals surface area contributed by atoms with Gasteiger partial charge >= 0.3 is 0 Å². The van der Waals surface area contributed by atoms with E-state index in [9.17, 15) is 4.39 Å². The van der Waals surface area contributed by atoms with Gasteiger partial charge in [-0.2, -0.15) is 0 Å². The molecule has 96 valence electrons. The SMILES string of the molecule is CC(Cl)c1nc2cccc(F)c2n1C1CCOC1. The average molecular weight is 269 g/mol. The van der Waals surface area contributed by atoms with Crippen molar-refractivity contribution in [1.82, 2.24) is 9.55 Å². The van der Waals surface area contributed by atoms with Gasteiger partial charge in [0, 0.05) is 6.61 Å². The van der Waals surface area contributed by atoms with Gasteiger partial charge in [-0.1, -0.05) is 6.07 Å². The Morgan fingerprint density at radius 2 is 2.39 bits per heavy atom. The zero-order valence-corrected chi connectivity index (χ0v) is 10.8. The first-order valence-corrected chi connectivity index (χ1v) is 6.50. The van der Waals surface area contributed by atoms with Gasteiger partial charge in [-0.3, -0.25) is 0 Å². The predicted molar refractivity (Wildman–Crippen MR) is 68.4 cm³/mol. The zero-order valence-electron chi connectivity index (χ0n) is 10.1. The van der Waals surface area contributed by atoms with E-state index in [2.05, 4.69) is 4.98 Å². The van der Waals surface area contributed by atoms with Crippen molar-refractivity contribution in [1.29, 1.82) is 0 Å². The number of benzene rings is 1. The minimum atomic E-state index is -0.254. The summed E-state index contributed by atoms with van der Waals surface area (Å²) < 4.78 is 21.3. The van der Waals surface area contributed by atoms with Crippen LogP contribution in [-0.4, -0.2) is 22.8 Å². The van der Waals surface area contributed by atoms with Gasteiger partial charge < -0.3 is 9.30 Å². The van der Waals surface area contributed by atoms with E-state index in [1.54, 1.807) is 6.07 Å². The Morgan fingerprint density at radius 1 is 1.56 bits per heavy atom. The lowest BCUT2D eigenvalue weighted by Crippen LogP contribution is -2.13. The van der Waals surface area contributed by atoms with Crippen molar-refractivity contribution in [3.05, 3.63) is 29.8 Å². The summed E-state index contributed by atoms with van der Waals surface area (Å²) in [6, 6.07) is 5.07. The van der Waals surface area contributed by atoms with Crippen LogP contribution in [0.5, 0.6) is 0 Å². The number of hydrogen-bond donors (Lipinski definition) is 0. The van der Waals surface area contributed by atoms with Crippen LogP contribution in [0, 0.1) is 5.82 Å². The molecule has 0 radical (unpaired) electrons. The first-order valence-electron chi connectivity index (χ1n) is 6.06. The summed E-state index contributed by atoms with van der Waals surface area (Å²) in [5, 5.41) is -0.252. The number of halogens is 2. The topological polar surface area (TPSA) is 27.1 Å². The smallest absolute Gasteiger partial charge is 0.149 e. The summed E-state index contributed by atoms with van der Waals surface area (Å²) in [5.41, 5.74) is 1.19. The Bertz CT molecular complexity index is 576. The Hall–Kier alpha value is -1.13. The highest BCUT2D eigenvalue weighted by Crippen LogP contribution is 2.32. The van der Waals surface area contributed by atoms with Crippen LogP contribution in [0.4, 0.5) is 4.39 Å². The maximum atomic E-state index is 14.0. The predicted octanol–water partition coefficient (Wildman–Crippen LogP) is 3.44. The van der Waals surface area contributed by atoms with Crippen LogP contribution in [0.15, 0.2) is 18.2 Å². The van der Waals surface area contributed by atoms with Crippen molar-refractivity contribution < 1.29 is 9.13 Å². The summed E-state index contributed by atoms with van der Waals surface area (Å²) >= 11 is 6.16. The Morgan fingerprint density at radius 3 is 3.06 bits per heavy atom. The second-order valence-electron chi connectivity index (χ2n) is 4.58. The highest BCUT2D eigenvalue weighted by molar-refractivity contribution is 6.20. The van der Waals surface area contributed by atoms with Gasteiger partial charge in [0.1, 0.15) is 17.2 Å². The van der Waals surface area contributed by atoms with Crippen LogP contribution in [0.2, 0.25) is 0 Å². The molecule has 0 bridgehead atoms. The van der Waals surface area contributed by atoms with Crippen molar-refractivity contribution in [2.24, 2.45) is 0 Å². The van der Waals surface area contributed by atoms with Gasteiger partial charge in [-0.25, -0.2) is 9.37 Å². The lowest BCUT2D eigenvalue weighted by molar-refractivity contribution is 0.186. The van der Waals surface area contributed by atoms with E-state index in [4.69, 9.17) is 16.3 Å². The molecule has 0 saturated carbocycles. The molecule has 18 heavy (non-hydrogen) atoms. The number of aromatic nitrogens is 2. The third-order valence-electron chi connectivity index (χ3n) is 3.31. The van der Waals surface area contributed by atoms with Crippen molar-refractivity contribution >= 4 is 22.6 Å². The summed E-state index contributed by atoms with van der Waals surface area (Å²) in [6.45, 7) is 3.15. The zero-order chi connectivity index (χ0) is 12.7. The van der Waals surface area contributed by atoms with Crippen molar-refractivity contribution in [3.63, 3.8) is 0 Å². The van der Waals surface area contributed by atoms with E-state index >= 15 is 0 Å². The molecule has 0 amide bonds. The molecule has 1 aliphatic rings. The summed E-state index contributed by atoms with van der Waals surface area (Å²) in [6.07, 6.45) is 0.871. The normalized spacial score (nSPS) is 21.6. The van der Waals surface area contributed by atoms with Gasteiger partial charge in [0.05, 0.1) is 23.5 Å². The van der Waals surface area contributed by atoms with E-state index in [-0.39, 0.29) is 17.2 Å². The van der Waals surface area contributed by atoms with Gasteiger partial charge in [0.25, 0.3) is 0 Å². The summed E-state index contributed by atoms with van der Waals surface area (Å²) in [5.74, 6) is 0.461. The number of ether oxygens (including phenoxy) is 1. The molecule has 1 fully saturated rings. The fourth-order valence-corrected chi connectivity index (χ4v) is 2.65. The second kappa shape index (κ2) is 4.52. The van der Waals surface area contributed by atoms with Gasteiger partial charge in [0.15, 0.2) is 0 Å². The molecule has 1 saturated heterocycles. The molecule has 0 N–H and O–H groups in total. The molecule has 3 rings (SSSR count). The number of rotatable bonds is 2. The second-order valence-corrected chi connectivity index (χ2v) is 5.24. The number of para-hydroxylation sites is 1. The van der Waals surface area contributed by atoms with Gasteiger partial charge in [-0.15, -0.1) is 11.6 Å². The molecule has 2 aromatic rings. The third-order valence-corrected chi connectivity index (χ3v) is 3.51. The van der Waals surface area contributed by atoms with E-state index in [0.29, 0.717) is 30.1 Å². The number of fused-ring (bicyclic) bond motifs is 1. The number of imidazole rings is 1. The lowest BCUT2D eigenvalue weighted by atomic mass is 10.2. The Balaban J connectivity index is 2.26.